The smallest absolute Gasteiger partial charge is 0.243 e. The third-order valence-electron chi connectivity index (χ3n) is 4.45. The molecule has 1 aliphatic rings. The van der Waals surface area contributed by atoms with Crippen LogP contribution < -0.4 is 5.32 Å². The minimum atomic E-state index is -3.77. The van der Waals surface area contributed by atoms with E-state index in [1.54, 1.807) is 25.1 Å². The molecule has 1 atom stereocenters. The van der Waals surface area contributed by atoms with Gasteiger partial charge in [0.05, 0.1) is 4.90 Å². The van der Waals surface area contributed by atoms with Gasteiger partial charge in [-0.3, -0.25) is 4.79 Å². The molecule has 1 saturated heterocycles. The van der Waals surface area contributed by atoms with Crippen LogP contribution >= 0.6 is 23.2 Å². The van der Waals surface area contributed by atoms with Crippen molar-refractivity contribution in [2.75, 3.05) is 11.9 Å². The molecule has 0 spiro atoms. The van der Waals surface area contributed by atoms with Crippen LogP contribution in [0.4, 0.5) is 5.69 Å². The lowest BCUT2D eigenvalue weighted by Crippen LogP contribution is -2.43. The first-order valence-electron chi connectivity index (χ1n) is 8.14. The maximum Gasteiger partial charge on any atom is 0.243 e. The summed E-state index contributed by atoms with van der Waals surface area (Å²) in [5.41, 5.74) is 1.32. The summed E-state index contributed by atoms with van der Waals surface area (Å²) in [6.45, 7) is 2.10. The van der Waals surface area contributed by atoms with Crippen molar-refractivity contribution in [1.82, 2.24) is 4.31 Å². The van der Waals surface area contributed by atoms with Gasteiger partial charge in [-0.15, -0.1) is 0 Å². The minimum absolute atomic E-state index is 0.125. The predicted octanol–water partition coefficient (Wildman–Crippen LogP) is 4.09. The number of sulfonamides is 1. The number of amides is 1. The molecule has 0 aromatic heterocycles. The summed E-state index contributed by atoms with van der Waals surface area (Å²) in [7, 11) is -3.77. The number of nitrogens with zero attached hydrogens (tertiary/aromatic N) is 1. The van der Waals surface area contributed by atoms with Crippen LogP contribution in [-0.2, 0) is 14.8 Å². The number of anilines is 1. The molecule has 8 heteroatoms. The summed E-state index contributed by atoms with van der Waals surface area (Å²) >= 11 is 11.9. The first-order valence-corrected chi connectivity index (χ1v) is 10.3. The molecule has 26 heavy (non-hydrogen) atoms. The number of nitrogens with one attached hydrogen (secondary N) is 1. The van der Waals surface area contributed by atoms with E-state index in [2.05, 4.69) is 5.32 Å². The van der Waals surface area contributed by atoms with Crippen LogP contribution in [0.1, 0.15) is 18.4 Å². The van der Waals surface area contributed by atoms with E-state index in [1.807, 2.05) is 0 Å². The predicted molar refractivity (Wildman–Crippen MR) is 103 cm³/mol. The number of carbonyl (C=O) groups is 1. The van der Waals surface area contributed by atoms with Crippen molar-refractivity contribution in [3.8, 4) is 0 Å². The maximum atomic E-state index is 12.9. The molecule has 2 aromatic carbocycles. The highest BCUT2D eigenvalue weighted by Crippen LogP contribution is 2.29. The number of halogens is 2. The molecule has 1 heterocycles. The molecular weight excluding hydrogens is 395 g/mol. The molecule has 0 unspecified atom stereocenters. The molecule has 138 valence electrons. The minimum Gasteiger partial charge on any atom is -0.324 e. The average Bonchev–Trinajstić information content (AvgIpc) is 3.10. The molecule has 0 saturated carbocycles. The van der Waals surface area contributed by atoms with Gasteiger partial charge >= 0.3 is 0 Å². The molecule has 2 aromatic rings. The summed E-state index contributed by atoms with van der Waals surface area (Å²) in [5, 5.41) is 3.80. The molecule has 5 nitrogen and oxygen atoms in total. The van der Waals surface area contributed by atoms with Gasteiger partial charge in [0.1, 0.15) is 6.04 Å². The largest absolute Gasteiger partial charge is 0.324 e. The second-order valence-corrected chi connectivity index (χ2v) is 8.86. The first kappa shape index (κ1) is 19.2. The summed E-state index contributed by atoms with van der Waals surface area (Å²) < 4.78 is 27.1. The van der Waals surface area contributed by atoms with E-state index in [-0.39, 0.29) is 10.8 Å². The fourth-order valence-corrected chi connectivity index (χ4v) is 4.95. The molecule has 1 N–H and O–H groups in total. The normalized spacial score (nSPS) is 18.0. The van der Waals surface area contributed by atoms with Crippen LogP contribution in [0, 0.1) is 6.92 Å². The quantitative estimate of drug-likeness (QED) is 0.821. The summed E-state index contributed by atoms with van der Waals surface area (Å²) in [4.78, 5) is 12.9. The molecule has 1 fully saturated rings. The molecular formula is C18H18Cl2N2O3S. The highest BCUT2D eigenvalue weighted by atomic mass is 35.5. The maximum absolute atomic E-state index is 12.9. The van der Waals surface area contributed by atoms with Crippen molar-refractivity contribution < 1.29 is 13.2 Å². The zero-order chi connectivity index (χ0) is 18.9. The van der Waals surface area contributed by atoms with E-state index in [0.717, 1.165) is 5.56 Å². The van der Waals surface area contributed by atoms with Gasteiger partial charge in [0, 0.05) is 22.3 Å². The van der Waals surface area contributed by atoms with Crippen LogP contribution in [0.5, 0.6) is 0 Å². The number of hydrogen-bond donors (Lipinski definition) is 1. The van der Waals surface area contributed by atoms with Gasteiger partial charge in [-0.05, 0) is 61.7 Å². The van der Waals surface area contributed by atoms with Crippen molar-refractivity contribution in [2.45, 2.75) is 30.7 Å². The van der Waals surface area contributed by atoms with Crippen LogP contribution in [0.25, 0.3) is 0 Å². The Morgan fingerprint density at radius 3 is 2.54 bits per heavy atom. The zero-order valence-corrected chi connectivity index (χ0v) is 16.4. The van der Waals surface area contributed by atoms with Gasteiger partial charge in [-0.2, -0.15) is 4.31 Å². The highest BCUT2D eigenvalue weighted by molar-refractivity contribution is 7.89. The Kier molecular flexibility index (Phi) is 5.58. The van der Waals surface area contributed by atoms with E-state index in [1.165, 1.54) is 28.6 Å². The van der Waals surface area contributed by atoms with Crippen molar-refractivity contribution in [3.05, 3.63) is 58.1 Å². The van der Waals surface area contributed by atoms with E-state index < -0.39 is 16.1 Å². The Morgan fingerprint density at radius 1 is 1.15 bits per heavy atom. The third-order valence-corrected chi connectivity index (χ3v) is 7.04. The van der Waals surface area contributed by atoms with Crippen LogP contribution in [0.3, 0.4) is 0 Å². The van der Waals surface area contributed by atoms with Crippen LogP contribution in [-0.4, -0.2) is 31.2 Å². The van der Waals surface area contributed by atoms with Gasteiger partial charge in [-0.25, -0.2) is 8.42 Å². The lowest BCUT2D eigenvalue weighted by atomic mass is 10.1. The van der Waals surface area contributed by atoms with Gasteiger partial charge in [0.15, 0.2) is 0 Å². The Hall–Kier alpha value is -1.60. The van der Waals surface area contributed by atoms with Crippen molar-refractivity contribution in [2.24, 2.45) is 0 Å². The van der Waals surface area contributed by atoms with E-state index in [0.29, 0.717) is 35.1 Å². The summed E-state index contributed by atoms with van der Waals surface area (Å²) in [5.74, 6) is -0.356. The Morgan fingerprint density at radius 2 is 1.85 bits per heavy atom. The topological polar surface area (TPSA) is 66.5 Å². The Bertz CT molecular complexity index is 930. The fraction of sp³-hybridized carbons (Fsp3) is 0.278. The number of rotatable bonds is 4. The van der Waals surface area contributed by atoms with Gasteiger partial charge in [0.2, 0.25) is 15.9 Å². The third kappa shape index (κ3) is 3.74. The van der Waals surface area contributed by atoms with Crippen molar-refractivity contribution in [1.29, 1.82) is 0 Å². The number of benzene rings is 2. The Balaban J connectivity index is 1.84. The van der Waals surface area contributed by atoms with Gasteiger partial charge < -0.3 is 5.32 Å². The molecule has 3 rings (SSSR count). The molecule has 1 amide bonds. The molecule has 0 aliphatic carbocycles. The van der Waals surface area contributed by atoms with Crippen LogP contribution in [0.15, 0.2) is 47.4 Å². The van der Waals surface area contributed by atoms with Crippen molar-refractivity contribution in [3.63, 3.8) is 0 Å². The lowest BCUT2D eigenvalue weighted by Gasteiger charge is -2.24. The summed E-state index contributed by atoms with van der Waals surface area (Å²) in [6.07, 6.45) is 1.09. The van der Waals surface area contributed by atoms with Crippen molar-refractivity contribution >= 4 is 44.8 Å². The summed E-state index contributed by atoms with van der Waals surface area (Å²) in [6, 6.07) is 10.4. The van der Waals surface area contributed by atoms with E-state index in [4.69, 9.17) is 23.2 Å². The first-order chi connectivity index (χ1) is 12.3. The highest BCUT2D eigenvalue weighted by Gasteiger charge is 2.39. The average molecular weight is 413 g/mol. The SMILES string of the molecule is Cc1c(Cl)cccc1NC(=O)[C@@H]1CCCN1S(=O)(=O)c1ccc(Cl)cc1. The van der Waals surface area contributed by atoms with Gasteiger partial charge in [0.25, 0.3) is 0 Å². The Labute approximate surface area is 163 Å². The lowest BCUT2D eigenvalue weighted by molar-refractivity contribution is -0.119. The van der Waals surface area contributed by atoms with Gasteiger partial charge in [-0.1, -0.05) is 29.3 Å². The van der Waals surface area contributed by atoms with E-state index >= 15 is 0 Å². The fourth-order valence-electron chi connectivity index (χ4n) is 2.99. The number of carbonyl (C=O) groups excluding carboxylic acids is 1. The molecule has 0 radical (unpaired) electrons. The standard InChI is InChI=1S/C18H18Cl2N2O3S/c1-12-15(20)4-2-5-16(12)21-18(23)17-6-3-11-22(17)26(24,25)14-9-7-13(19)8-10-14/h2,4-5,7-10,17H,3,6,11H2,1H3,(H,21,23)/t17-/m0/s1. The van der Waals surface area contributed by atoms with Crippen LogP contribution in [0.2, 0.25) is 10.0 Å². The molecule has 1 aliphatic heterocycles. The second kappa shape index (κ2) is 7.56. The number of hydrogen-bond acceptors (Lipinski definition) is 3. The second-order valence-electron chi connectivity index (χ2n) is 6.13. The monoisotopic (exact) mass is 412 g/mol. The zero-order valence-electron chi connectivity index (χ0n) is 14.1. The molecule has 0 bridgehead atoms. The van der Waals surface area contributed by atoms with E-state index in [9.17, 15) is 13.2 Å².